The molecule has 0 radical (unpaired) electrons. The van der Waals surface area contributed by atoms with Gasteiger partial charge in [0.1, 0.15) is 0 Å². The number of thioether (sulfide) groups is 2. The van der Waals surface area contributed by atoms with Gasteiger partial charge in [-0.2, -0.15) is 11.8 Å². The summed E-state index contributed by atoms with van der Waals surface area (Å²) in [6, 6.07) is 0.193. The van der Waals surface area contributed by atoms with Crippen LogP contribution in [0.25, 0.3) is 0 Å². The number of hydrogen-bond acceptors (Lipinski definition) is 4. The highest BCUT2D eigenvalue weighted by molar-refractivity contribution is 8.00. The van der Waals surface area contributed by atoms with E-state index in [9.17, 15) is 9.59 Å². The number of rotatable bonds is 7. The maximum atomic E-state index is 11.5. The van der Waals surface area contributed by atoms with Crippen molar-refractivity contribution >= 4 is 35.4 Å². The number of carbonyl (C=O) groups excluding carboxylic acids is 1. The van der Waals surface area contributed by atoms with Crippen molar-refractivity contribution in [3.05, 3.63) is 0 Å². The molecule has 0 saturated heterocycles. The predicted octanol–water partition coefficient (Wildman–Crippen LogP) is 1.01. The van der Waals surface area contributed by atoms with E-state index in [1.807, 2.05) is 13.2 Å². The Kier molecular flexibility index (Phi) is 7.68. The normalized spacial score (nSPS) is 12.2. The van der Waals surface area contributed by atoms with Crippen LogP contribution in [-0.2, 0) is 9.59 Å². The van der Waals surface area contributed by atoms with Gasteiger partial charge in [0.2, 0.25) is 5.91 Å². The molecule has 0 aliphatic carbocycles. The second kappa shape index (κ2) is 7.87. The van der Waals surface area contributed by atoms with Gasteiger partial charge in [-0.15, -0.1) is 11.8 Å². The van der Waals surface area contributed by atoms with Gasteiger partial charge in [-0.25, -0.2) is 0 Å². The number of nitrogens with zero attached hydrogens (tertiary/aromatic N) is 1. The third-order valence-electron chi connectivity index (χ3n) is 1.91. The molecule has 1 N–H and O–H groups in total. The molecule has 0 aliphatic rings. The monoisotopic (exact) mass is 251 g/mol. The summed E-state index contributed by atoms with van der Waals surface area (Å²) in [5.74, 6) is 0.222. The first-order chi connectivity index (χ1) is 6.99. The van der Waals surface area contributed by atoms with Crippen molar-refractivity contribution < 1.29 is 14.7 Å². The summed E-state index contributed by atoms with van der Waals surface area (Å²) in [5.41, 5.74) is 0. The molecule has 88 valence electrons. The number of aliphatic carboxylic acids is 1. The SMILES string of the molecule is CSCC(C)N(C)C(=O)CSCC(=O)O. The average molecular weight is 251 g/mol. The highest BCUT2D eigenvalue weighted by Crippen LogP contribution is 2.07. The lowest BCUT2D eigenvalue weighted by atomic mass is 10.3. The highest BCUT2D eigenvalue weighted by atomic mass is 32.2. The van der Waals surface area contributed by atoms with Crippen LogP contribution in [0.15, 0.2) is 0 Å². The second-order valence-electron chi connectivity index (χ2n) is 3.20. The summed E-state index contributed by atoms with van der Waals surface area (Å²) >= 11 is 2.83. The Morgan fingerprint density at radius 1 is 1.40 bits per heavy atom. The molecular formula is C9H17NO3S2. The molecule has 4 nitrogen and oxygen atoms in total. The van der Waals surface area contributed by atoms with Crippen molar-refractivity contribution in [1.29, 1.82) is 0 Å². The Bertz CT molecular complexity index is 223. The lowest BCUT2D eigenvalue weighted by Gasteiger charge is -2.24. The zero-order chi connectivity index (χ0) is 11.8. The Morgan fingerprint density at radius 3 is 2.47 bits per heavy atom. The molecule has 1 unspecified atom stereocenters. The van der Waals surface area contributed by atoms with E-state index in [0.717, 1.165) is 17.5 Å². The van der Waals surface area contributed by atoms with E-state index in [0.29, 0.717) is 0 Å². The average Bonchev–Trinajstić information content (AvgIpc) is 2.16. The minimum Gasteiger partial charge on any atom is -0.481 e. The lowest BCUT2D eigenvalue weighted by Crippen LogP contribution is -2.37. The van der Waals surface area contributed by atoms with Crippen molar-refractivity contribution in [2.75, 3.05) is 30.6 Å². The molecule has 0 bridgehead atoms. The number of carboxylic acids is 1. The molecule has 0 aromatic carbocycles. The van der Waals surface area contributed by atoms with Crippen LogP contribution >= 0.6 is 23.5 Å². The van der Waals surface area contributed by atoms with Crippen molar-refractivity contribution in [1.82, 2.24) is 4.90 Å². The number of amides is 1. The van der Waals surface area contributed by atoms with Crippen molar-refractivity contribution in [2.45, 2.75) is 13.0 Å². The van der Waals surface area contributed by atoms with Gasteiger partial charge in [0.15, 0.2) is 0 Å². The fourth-order valence-electron chi connectivity index (χ4n) is 0.926. The van der Waals surface area contributed by atoms with E-state index < -0.39 is 5.97 Å². The quantitative estimate of drug-likeness (QED) is 0.732. The van der Waals surface area contributed by atoms with Crippen LogP contribution in [0.5, 0.6) is 0 Å². The van der Waals surface area contributed by atoms with Gasteiger partial charge in [-0.1, -0.05) is 0 Å². The first-order valence-electron chi connectivity index (χ1n) is 4.53. The largest absolute Gasteiger partial charge is 0.481 e. The van der Waals surface area contributed by atoms with E-state index in [4.69, 9.17) is 5.11 Å². The Morgan fingerprint density at radius 2 is 2.00 bits per heavy atom. The standard InChI is InChI=1S/C9H17NO3S2/c1-7(4-14-3)10(2)8(11)5-15-6-9(12)13/h7H,4-6H2,1-3H3,(H,12,13). The molecule has 1 atom stereocenters. The van der Waals surface area contributed by atoms with Crippen LogP contribution < -0.4 is 0 Å². The minimum atomic E-state index is -0.882. The van der Waals surface area contributed by atoms with E-state index in [2.05, 4.69) is 0 Å². The third-order valence-corrected chi connectivity index (χ3v) is 3.63. The summed E-state index contributed by atoms with van der Waals surface area (Å²) in [5, 5.41) is 8.41. The first kappa shape index (κ1) is 14.6. The van der Waals surface area contributed by atoms with Crippen molar-refractivity contribution in [3.8, 4) is 0 Å². The fourth-order valence-corrected chi connectivity index (χ4v) is 2.29. The van der Waals surface area contributed by atoms with Crippen LogP contribution in [0.4, 0.5) is 0 Å². The molecule has 1 amide bonds. The summed E-state index contributed by atoms with van der Waals surface area (Å²) in [6.07, 6.45) is 1.99. The molecule has 0 aliphatic heterocycles. The summed E-state index contributed by atoms with van der Waals surface area (Å²) < 4.78 is 0. The van der Waals surface area contributed by atoms with E-state index in [-0.39, 0.29) is 23.5 Å². The first-order valence-corrected chi connectivity index (χ1v) is 7.08. The van der Waals surface area contributed by atoms with E-state index in [1.54, 1.807) is 23.7 Å². The Balaban J connectivity index is 3.83. The lowest BCUT2D eigenvalue weighted by molar-refractivity contribution is -0.133. The number of carboxylic acid groups (broad SMARTS) is 1. The molecule has 0 aromatic heterocycles. The van der Waals surface area contributed by atoms with Gasteiger partial charge in [0.25, 0.3) is 0 Å². The van der Waals surface area contributed by atoms with Gasteiger partial charge >= 0.3 is 5.97 Å². The number of hydrogen-bond donors (Lipinski definition) is 1. The molecule has 0 saturated carbocycles. The predicted molar refractivity (Wildman–Crippen MR) is 65.6 cm³/mol. The van der Waals surface area contributed by atoms with Gasteiger partial charge in [-0.3, -0.25) is 9.59 Å². The van der Waals surface area contributed by atoms with E-state index in [1.165, 1.54) is 0 Å². The van der Waals surface area contributed by atoms with Crippen LogP contribution in [0.2, 0.25) is 0 Å². The van der Waals surface area contributed by atoms with E-state index >= 15 is 0 Å². The zero-order valence-electron chi connectivity index (χ0n) is 9.23. The molecule has 6 heteroatoms. The van der Waals surface area contributed by atoms with Gasteiger partial charge in [0.05, 0.1) is 11.5 Å². The minimum absolute atomic E-state index is 0.0113. The summed E-state index contributed by atoms with van der Waals surface area (Å²) in [6.45, 7) is 1.98. The van der Waals surface area contributed by atoms with Crippen LogP contribution in [-0.4, -0.2) is 58.5 Å². The summed E-state index contributed by atoms with van der Waals surface area (Å²) in [7, 11) is 1.75. The molecular weight excluding hydrogens is 234 g/mol. The van der Waals surface area contributed by atoms with Crippen LogP contribution in [0.1, 0.15) is 6.92 Å². The molecule has 15 heavy (non-hydrogen) atoms. The van der Waals surface area contributed by atoms with Gasteiger partial charge in [0, 0.05) is 18.8 Å². The highest BCUT2D eigenvalue weighted by Gasteiger charge is 2.15. The molecule has 0 rings (SSSR count). The van der Waals surface area contributed by atoms with Crippen LogP contribution in [0.3, 0.4) is 0 Å². The molecule has 0 aromatic rings. The topological polar surface area (TPSA) is 57.6 Å². The van der Waals surface area contributed by atoms with Crippen LogP contribution in [0, 0.1) is 0 Å². The van der Waals surface area contributed by atoms with Gasteiger partial charge < -0.3 is 10.0 Å². The smallest absolute Gasteiger partial charge is 0.313 e. The second-order valence-corrected chi connectivity index (χ2v) is 5.09. The third kappa shape index (κ3) is 6.67. The molecule has 0 spiro atoms. The maximum absolute atomic E-state index is 11.5. The van der Waals surface area contributed by atoms with Crippen molar-refractivity contribution in [3.63, 3.8) is 0 Å². The van der Waals surface area contributed by atoms with Crippen molar-refractivity contribution in [2.24, 2.45) is 0 Å². The zero-order valence-corrected chi connectivity index (χ0v) is 10.9. The number of carbonyl (C=O) groups is 2. The Labute approximate surface area is 98.8 Å². The summed E-state index contributed by atoms with van der Waals surface area (Å²) in [4.78, 5) is 23.5. The molecule has 0 fully saturated rings. The Hall–Kier alpha value is -0.360. The molecule has 0 heterocycles. The van der Waals surface area contributed by atoms with Gasteiger partial charge in [-0.05, 0) is 13.2 Å². The maximum Gasteiger partial charge on any atom is 0.313 e. The fraction of sp³-hybridized carbons (Fsp3) is 0.778.